The zero-order chi connectivity index (χ0) is 49.5. The van der Waals surface area contributed by atoms with E-state index in [1.165, 1.54) is 13.8 Å². The monoisotopic (exact) mass is 939 g/mol. The summed E-state index contributed by atoms with van der Waals surface area (Å²) in [6.07, 6.45) is 5.55. The van der Waals surface area contributed by atoms with Crippen molar-refractivity contribution in [2.24, 2.45) is 11.5 Å². The average Bonchev–Trinajstić information content (AvgIpc) is 3.94. The fourth-order valence-corrected chi connectivity index (χ4v) is 8.09. The highest BCUT2D eigenvalue weighted by Crippen LogP contribution is 2.21. The summed E-state index contributed by atoms with van der Waals surface area (Å²) < 4.78 is 0. The first-order chi connectivity index (χ1) is 33.2. The molecule has 0 saturated heterocycles. The molecule has 2 unspecified atom stereocenters. The van der Waals surface area contributed by atoms with Gasteiger partial charge in [-0.1, -0.05) is 84.6 Å². The first-order valence-corrected chi connectivity index (χ1v) is 23.0. The predicted octanol–water partition coefficient (Wildman–Crippen LogP) is 1.11. The molecule has 69 heavy (non-hydrogen) atoms. The number of amides is 7. The van der Waals surface area contributed by atoms with Crippen molar-refractivity contribution in [2.45, 2.75) is 94.7 Å². The fourth-order valence-electron chi connectivity index (χ4n) is 8.09. The van der Waals surface area contributed by atoms with Gasteiger partial charge in [0.15, 0.2) is 0 Å². The summed E-state index contributed by atoms with van der Waals surface area (Å²) in [5.74, 6) is 1.09. The van der Waals surface area contributed by atoms with Gasteiger partial charge in [-0.2, -0.15) is 0 Å². The summed E-state index contributed by atoms with van der Waals surface area (Å²) in [6.45, 7) is 7.80. The molecule has 3 aromatic carbocycles. The summed E-state index contributed by atoms with van der Waals surface area (Å²) in [5.41, 5.74) is 15.4. The number of nitrogens with one attached hydrogen (secondary N) is 8. The van der Waals surface area contributed by atoms with E-state index >= 15 is 0 Å². The van der Waals surface area contributed by atoms with Gasteiger partial charge in [-0.05, 0) is 62.1 Å². The Morgan fingerprint density at radius 1 is 0.739 bits per heavy atom. The van der Waals surface area contributed by atoms with Crippen molar-refractivity contribution in [1.82, 2.24) is 46.8 Å². The quantitative estimate of drug-likeness (QED) is 0.0670. The van der Waals surface area contributed by atoms with Crippen LogP contribution in [0.2, 0.25) is 0 Å². The van der Waals surface area contributed by atoms with Crippen molar-refractivity contribution in [3.8, 4) is 11.8 Å². The van der Waals surface area contributed by atoms with Gasteiger partial charge in [0.1, 0.15) is 36.3 Å². The van der Waals surface area contributed by atoms with Gasteiger partial charge in [0.2, 0.25) is 41.4 Å². The largest absolute Gasteiger partial charge is 0.368 e. The number of rotatable bonds is 11. The highest BCUT2D eigenvalue weighted by molar-refractivity contribution is 5.98. The van der Waals surface area contributed by atoms with E-state index in [0.717, 1.165) is 21.8 Å². The Morgan fingerprint density at radius 3 is 1.87 bits per heavy atom. The Bertz CT molecular complexity index is 2700. The maximum Gasteiger partial charge on any atom is 0.244 e. The van der Waals surface area contributed by atoms with Gasteiger partial charge in [0, 0.05) is 66.4 Å². The molecule has 18 nitrogen and oxygen atoms in total. The van der Waals surface area contributed by atoms with Gasteiger partial charge in [-0.15, -0.1) is 6.58 Å². The van der Waals surface area contributed by atoms with Crippen LogP contribution in [0.4, 0.5) is 0 Å². The Balaban J connectivity index is 1.36. The molecule has 0 fully saturated rings. The first kappa shape index (κ1) is 50.7. The van der Waals surface area contributed by atoms with Gasteiger partial charge in [-0.25, -0.2) is 0 Å². The van der Waals surface area contributed by atoms with Crippen LogP contribution >= 0.6 is 0 Å². The number of nitrogens with zero attached hydrogens (tertiary/aromatic N) is 1. The molecule has 0 saturated carbocycles. The van der Waals surface area contributed by atoms with E-state index in [-0.39, 0.29) is 38.6 Å². The number of H-pyrrole nitrogens is 2. The zero-order valence-corrected chi connectivity index (χ0v) is 38.8. The topological polar surface area (TPSA) is 279 Å². The van der Waals surface area contributed by atoms with E-state index in [0.29, 0.717) is 36.2 Å². The van der Waals surface area contributed by atoms with Crippen LogP contribution in [0.5, 0.6) is 0 Å². The lowest BCUT2D eigenvalue weighted by Gasteiger charge is -2.27. The van der Waals surface area contributed by atoms with Crippen LogP contribution in [0, 0.1) is 11.8 Å². The smallest absolute Gasteiger partial charge is 0.244 e. The Labute approximate surface area is 400 Å². The third-order valence-corrected chi connectivity index (χ3v) is 11.9. The summed E-state index contributed by atoms with van der Waals surface area (Å²) in [5, 5.41) is 18.2. The molecule has 7 amide bonds. The van der Waals surface area contributed by atoms with Gasteiger partial charge in [-0.3, -0.25) is 38.5 Å². The molecule has 0 aliphatic carbocycles. The van der Waals surface area contributed by atoms with E-state index < -0.39 is 83.6 Å². The lowest BCUT2D eigenvalue weighted by Crippen LogP contribution is -2.60. The third kappa shape index (κ3) is 14.1. The van der Waals surface area contributed by atoms with E-state index in [4.69, 9.17) is 11.5 Å². The van der Waals surface area contributed by atoms with Crippen LogP contribution in [-0.2, 0) is 52.8 Å². The van der Waals surface area contributed by atoms with Crippen LogP contribution in [0.15, 0.2) is 104 Å². The molecule has 12 N–H and O–H groups in total. The first-order valence-electron chi connectivity index (χ1n) is 23.0. The van der Waals surface area contributed by atoms with Crippen molar-refractivity contribution < 1.29 is 33.6 Å². The lowest BCUT2D eigenvalue weighted by molar-refractivity contribution is -0.135. The normalized spacial score (nSPS) is 22.3. The molecule has 2 aromatic heterocycles. The maximum absolute atomic E-state index is 14.6. The van der Waals surface area contributed by atoms with Crippen molar-refractivity contribution >= 4 is 63.2 Å². The number of hydrogen-bond acceptors (Lipinski definition) is 9. The van der Waals surface area contributed by atoms with E-state index in [1.807, 2.05) is 59.5 Å². The van der Waals surface area contributed by atoms with Gasteiger partial charge >= 0.3 is 0 Å². The number of aromatic nitrogens is 2. The van der Waals surface area contributed by atoms with E-state index in [9.17, 15) is 33.6 Å². The molecular formula is C51H61N11O7. The minimum atomic E-state index is -1.28. The molecule has 1 aliphatic rings. The van der Waals surface area contributed by atoms with Gasteiger partial charge in [0.25, 0.3) is 0 Å². The molecule has 0 radical (unpaired) electrons. The maximum atomic E-state index is 14.6. The number of fused-ring (bicyclic) bond motifs is 2. The van der Waals surface area contributed by atoms with Gasteiger partial charge in [0.05, 0.1) is 12.6 Å². The second-order valence-corrected chi connectivity index (χ2v) is 17.3. The Morgan fingerprint density at radius 2 is 1.28 bits per heavy atom. The van der Waals surface area contributed by atoms with Gasteiger partial charge < -0.3 is 53.3 Å². The van der Waals surface area contributed by atoms with Crippen molar-refractivity contribution in [3.05, 3.63) is 121 Å². The lowest BCUT2D eigenvalue weighted by atomic mass is 10.0. The second kappa shape index (κ2) is 24.3. The van der Waals surface area contributed by atoms with Crippen LogP contribution in [0.25, 0.3) is 21.8 Å². The van der Waals surface area contributed by atoms with Crippen molar-refractivity contribution in [1.29, 1.82) is 0 Å². The molecular weight excluding hydrogens is 879 g/mol. The highest BCUT2D eigenvalue weighted by Gasteiger charge is 2.33. The second-order valence-electron chi connectivity index (χ2n) is 17.3. The Kier molecular flexibility index (Phi) is 17.9. The molecule has 5 aromatic rings. The number of primary amides is 1. The minimum absolute atomic E-state index is 0.0147. The van der Waals surface area contributed by atoms with Crippen molar-refractivity contribution in [2.75, 3.05) is 19.6 Å². The van der Waals surface area contributed by atoms with E-state index in [2.05, 4.69) is 60.3 Å². The van der Waals surface area contributed by atoms with E-state index in [1.54, 1.807) is 42.7 Å². The molecule has 0 spiro atoms. The van der Waals surface area contributed by atoms with Crippen LogP contribution in [0.3, 0.4) is 0 Å². The zero-order valence-electron chi connectivity index (χ0n) is 38.8. The predicted molar refractivity (Wildman–Crippen MR) is 263 cm³/mol. The van der Waals surface area contributed by atoms with Crippen LogP contribution < -0.4 is 43.4 Å². The summed E-state index contributed by atoms with van der Waals surface area (Å²) in [7, 11) is 0. The van der Waals surface area contributed by atoms with Crippen LogP contribution in [0.1, 0.15) is 49.8 Å². The summed E-state index contributed by atoms with van der Waals surface area (Å²) in [6, 6.07) is 15.6. The molecule has 1 aliphatic heterocycles. The number of nitrogens with two attached hydrogens (primary N) is 2. The number of para-hydroxylation sites is 2. The molecule has 7 atom stereocenters. The fraction of sp³-hybridized carbons (Fsp3) is 0.353. The molecule has 6 rings (SSSR count). The van der Waals surface area contributed by atoms with Crippen molar-refractivity contribution in [3.63, 3.8) is 0 Å². The molecule has 362 valence electrons. The standard InChI is InChI=1S/C51H61N11O7/c1-4-23-62-24-13-12-21-41(58-46(64)31(2)52)48(66)61-43(27-34-29-54-38-19-10-8-17-36(34)38)49(67)56-32(3)47(65)59-44(28-35-30-55-39-20-11-9-18-37(35)39)51(69)60-42(26-33-15-6-5-7-16-33)50(68)57-40(45(53)63)22-14-25-62/h4-11,15-20,29-32,40-44,54-55H,1,14,21-28,52H2,2-3H3,(H2,53,63)(H,56,67)(H,57,68)(H,58,64)(H,59,65)(H,60,69)(H,61,66)/t31-,32-,40?,41?,42+,43+,44-/m0/s1. The summed E-state index contributed by atoms with van der Waals surface area (Å²) >= 11 is 0. The number of aromatic amines is 2. The van der Waals surface area contributed by atoms with Crippen LogP contribution in [-0.4, -0.2) is 118 Å². The number of hydrogen-bond donors (Lipinski definition) is 10. The summed E-state index contributed by atoms with van der Waals surface area (Å²) in [4.78, 5) is 106. The Hall–Kier alpha value is -7.75. The molecule has 0 bridgehead atoms. The third-order valence-electron chi connectivity index (χ3n) is 11.9. The minimum Gasteiger partial charge on any atom is -0.368 e. The molecule has 18 heteroatoms. The number of benzene rings is 3. The molecule has 3 heterocycles. The average molecular weight is 940 g/mol. The SMILES string of the molecule is C=CCN1CC#CCC(NC(=O)[C@H](C)N)C(=O)N[C@H](Cc2c[nH]c3ccccc23)C(=O)N[C@@H](C)C(=O)N[C@@H](Cc2c[nH]c3ccccc23)C(=O)N[C@H](Cc2ccccc2)C(=O)NC(C(N)=O)CCC1. The number of carbonyl (C=O) groups is 7. The number of carbonyl (C=O) groups excluding carboxylic acids is 7. The highest BCUT2D eigenvalue weighted by atomic mass is 16.2.